The van der Waals surface area contributed by atoms with E-state index in [1.807, 2.05) is 0 Å². The second-order valence-electron chi connectivity index (χ2n) is 3.92. The Balaban J connectivity index is 2.80. The number of nitrogens with zero attached hydrogens (tertiary/aromatic N) is 2. The van der Waals surface area contributed by atoms with Crippen LogP contribution in [0.4, 0.5) is 0 Å². The van der Waals surface area contributed by atoms with E-state index in [0.717, 1.165) is 19.3 Å². The van der Waals surface area contributed by atoms with Crippen LogP contribution in [0.2, 0.25) is 0 Å². The molecule has 0 amide bonds. The SMILES string of the molecule is CCCCCN(C)S(=O)(=O)c1[nH]ncc1CO. The second kappa shape index (κ2) is 6.13. The van der Waals surface area contributed by atoms with E-state index in [2.05, 4.69) is 17.1 Å². The third-order valence-electron chi connectivity index (χ3n) is 2.59. The van der Waals surface area contributed by atoms with Gasteiger partial charge >= 0.3 is 0 Å². The number of unbranched alkanes of at least 4 members (excludes halogenated alkanes) is 2. The summed E-state index contributed by atoms with van der Waals surface area (Å²) in [4.78, 5) is 0. The predicted molar refractivity (Wildman–Crippen MR) is 63.9 cm³/mol. The molecule has 0 spiro atoms. The number of aromatic amines is 1. The quantitative estimate of drug-likeness (QED) is 0.708. The molecule has 98 valence electrons. The molecule has 0 aliphatic carbocycles. The second-order valence-corrected chi connectivity index (χ2v) is 5.90. The molecule has 0 fully saturated rings. The molecule has 0 aliphatic heterocycles. The van der Waals surface area contributed by atoms with E-state index >= 15 is 0 Å². The molecule has 0 aliphatic rings. The smallest absolute Gasteiger partial charge is 0.260 e. The normalized spacial score (nSPS) is 12.2. The van der Waals surface area contributed by atoms with Gasteiger partial charge in [-0.2, -0.15) is 9.40 Å². The van der Waals surface area contributed by atoms with Crippen LogP contribution in [0.5, 0.6) is 0 Å². The minimum absolute atomic E-state index is 0.0148. The van der Waals surface area contributed by atoms with Crippen LogP contribution in [0.25, 0.3) is 0 Å². The third-order valence-corrected chi connectivity index (χ3v) is 4.47. The number of H-pyrrole nitrogens is 1. The Morgan fingerprint density at radius 2 is 2.18 bits per heavy atom. The zero-order valence-corrected chi connectivity index (χ0v) is 11.0. The first kappa shape index (κ1) is 14.1. The molecule has 6 nitrogen and oxygen atoms in total. The van der Waals surface area contributed by atoms with Crippen molar-refractivity contribution in [2.75, 3.05) is 13.6 Å². The minimum Gasteiger partial charge on any atom is -0.392 e. The first-order valence-electron chi connectivity index (χ1n) is 5.63. The Morgan fingerprint density at radius 1 is 1.47 bits per heavy atom. The highest BCUT2D eigenvalue weighted by molar-refractivity contribution is 7.89. The van der Waals surface area contributed by atoms with Crippen LogP contribution in [-0.2, 0) is 16.6 Å². The predicted octanol–water partition coefficient (Wildman–Crippen LogP) is 0.713. The maximum Gasteiger partial charge on any atom is 0.260 e. The Morgan fingerprint density at radius 3 is 2.76 bits per heavy atom. The molecule has 2 N–H and O–H groups in total. The lowest BCUT2D eigenvalue weighted by atomic mass is 10.2. The average Bonchev–Trinajstić information content (AvgIpc) is 2.77. The molecular formula is C10H19N3O3S. The number of rotatable bonds is 7. The van der Waals surface area contributed by atoms with Crippen molar-refractivity contribution >= 4 is 10.0 Å². The van der Waals surface area contributed by atoms with E-state index in [9.17, 15) is 8.42 Å². The molecule has 1 heterocycles. The standard InChI is InChI=1S/C10H19N3O3S/c1-3-4-5-6-13(2)17(15,16)10-9(8-14)7-11-12-10/h7,14H,3-6,8H2,1-2H3,(H,11,12). The fourth-order valence-electron chi connectivity index (χ4n) is 1.50. The monoisotopic (exact) mass is 261 g/mol. The zero-order chi connectivity index (χ0) is 12.9. The van der Waals surface area contributed by atoms with E-state index in [-0.39, 0.29) is 11.6 Å². The van der Waals surface area contributed by atoms with E-state index in [1.54, 1.807) is 0 Å². The molecule has 17 heavy (non-hydrogen) atoms. The van der Waals surface area contributed by atoms with Crippen molar-refractivity contribution in [3.63, 3.8) is 0 Å². The van der Waals surface area contributed by atoms with Crippen LogP contribution in [0.15, 0.2) is 11.2 Å². The van der Waals surface area contributed by atoms with Crippen molar-refractivity contribution in [1.29, 1.82) is 0 Å². The number of sulfonamides is 1. The van der Waals surface area contributed by atoms with Crippen LogP contribution in [0, 0.1) is 0 Å². The zero-order valence-electron chi connectivity index (χ0n) is 10.2. The molecule has 0 saturated carbocycles. The Labute approximate surface area is 102 Å². The maximum atomic E-state index is 12.1. The molecule has 0 unspecified atom stereocenters. The van der Waals surface area contributed by atoms with E-state index in [4.69, 9.17) is 5.11 Å². The minimum atomic E-state index is -3.56. The molecule has 0 saturated heterocycles. The average molecular weight is 261 g/mol. The van der Waals surface area contributed by atoms with Gasteiger partial charge in [-0.05, 0) is 6.42 Å². The lowest BCUT2D eigenvalue weighted by Gasteiger charge is -2.16. The summed E-state index contributed by atoms with van der Waals surface area (Å²) in [6.07, 6.45) is 4.19. The molecule has 0 bridgehead atoms. The number of hydrogen-bond acceptors (Lipinski definition) is 4. The van der Waals surface area contributed by atoms with Crippen LogP contribution in [-0.4, -0.2) is 41.6 Å². The van der Waals surface area contributed by atoms with Crippen molar-refractivity contribution in [2.45, 2.75) is 37.8 Å². The summed E-state index contributed by atoms with van der Waals surface area (Å²) in [6.45, 7) is 2.20. The van der Waals surface area contributed by atoms with Gasteiger partial charge in [-0.15, -0.1) is 0 Å². The van der Waals surface area contributed by atoms with Crippen molar-refractivity contribution in [3.8, 4) is 0 Å². The van der Waals surface area contributed by atoms with Crippen molar-refractivity contribution in [2.24, 2.45) is 0 Å². The van der Waals surface area contributed by atoms with Crippen LogP contribution in [0.3, 0.4) is 0 Å². The highest BCUT2D eigenvalue weighted by Gasteiger charge is 2.25. The topological polar surface area (TPSA) is 86.3 Å². The van der Waals surface area contributed by atoms with E-state index < -0.39 is 10.0 Å². The molecule has 0 atom stereocenters. The molecular weight excluding hydrogens is 242 g/mol. The number of aromatic nitrogens is 2. The first-order valence-corrected chi connectivity index (χ1v) is 7.07. The number of nitrogens with one attached hydrogen (secondary N) is 1. The molecule has 1 aromatic heterocycles. The van der Waals surface area contributed by atoms with Crippen molar-refractivity contribution in [3.05, 3.63) is 11.8 Å². The molecule has 7 heteroatoms. The van der Waals surface area contributed by atoms with Gasteiger partial charge < -0.3 is 5.11 Å². The molecule has 1 rings (SSSR count). The van der Waals surface area contributed by atoms with Gasteiger partial charge in [0.1, 0.15) is 0 Å². The van der Waals surface area contributed by atoms with E-state index in [0.29, 0.717) is 12.1 Å². The summed E-state index contributed by atoms with van der Waals surface area (Å²) in [5, 5.41) is 15.1. The van der Waals surface area contributed by atoms with Gasteiger partial charge in [-0.1, -0.05) is 19.8 Å². The fourth-order valence-corrected chi connectivity index (χ4v) is 2.79. The lowest BCUT2D eigenvalue weighted by Crippen LogP contribution is -2.29. The summed E-state index contributed by atoms with van der Waals surface area (Å²) in [6, 6.07) is 0. The lowest BCUT2D eigenvalue weighted by molar-refractivity contribution is 0.278. The molecule has 0 radical (unpaired) electrons. The molecule has 1 aromatic rings. The summed E-state index contributed by atoms with van der Waals surface area (Å²) < 4.78 is 25.5. The van der Waals surface area contributed by atoms with Gasteiger partial charge in [0.05, 0.1) is 12.8 Å². The summed E-state index contributed by atoms with van der Waals surface area (Å²) >= 11 is 0. The summed E-state index contributed by atoms with van der Waals surface area (Å²) in [5.74, 6) is 0. The Hall–Kier alpha value is -0.920. The first-order chi connectivity index (χ1) is 8.04. The largest absolute Gasteiger partial charge is 0.392 e. The van der Waals surface area contributed by atoms with Gasteiger partial charge in [0, 0.05) is 19.2 Å². The number of hydrogen-bond donors (Lipinski definition) is 2. The van der Waals surface area contributed by atoms with Gasteiger partial charge in [0.15, 0.2) is 5.03 Å². The Kier molecular flexibility index (Phi) is 5.10. The van der Waals surface area contributed by atoms with E-state index in [1.165, 1.54) is 17.5 Å². The summed E-state index contributed by atoms with van der Waals surface area (Å²) in [5.41, 5.74) is 0.298. The van der Waals surface area contributed by atoms with Gasteiger partial charge in [0.25, 0.3) is 10.0 Å². The number of aliphatic hydroxyl groups excluding tert-OH is 1. The Bertz CT molecular complexity index is 441. The van der Waals surface area contributed by atoms with Crippen LogP contribution in [0.1, 0.15) is 31.7 Å². The van der Waals surface area contributed by atoms with Gasteiger partial charge in [-0.25, -0.2) is 8.42 Å². The van der Waals surface area contributed by atoms with Crippen molar-refractivity contribution < 1.29 is 13.5 Å². The highest BCUT2D eigenvalue weighted by Crippen LogP contribution is 2.16. The summed E-state index contributed by atoms with van der Waals surface area (Å²) in [7, 11) is -2.03. The van der Waals surface area contributed by atoms with Crippen molar-refractivity contribution in [1.82, 2.24) is 14.5 Å². The highest BCUT2D eigenvalue weighted by atomic mass is 32.2. The van der Waals surface area contributed by atoms with Gasteiger partial charge in [-0.3, -0.25) is 5.10 Å². The maximum absolute atomic E-state index is 12.1. The van der Waals surface area contributed by atoms with Crippen LogP contribution < -0.4 is 0 Å². The number of aliphatic hydroxyl groups is 1. The van der Waals surface area contributed by atoms with Crippen LogP contribution >= 0.6 is 0 Å². The third kappa shape index (κ3) is 3.27. The van der Waals surface area contributed by atoms with Gasteiger partial charge in [0.2, 0.25) is 0 Å². The fraction of sp³-hybridized carbons (Fsp3) is 0.700. The molecule has 0 aromatic carbocycles.